The van der Waals surface area contributed by atoms with Crippen LogP contribution >= 0.6 is 0 Å². The third-order valence-electron chi connectivity index (χ3n) is 6.57. The van der Waals surface area contributed by atoms with Crippen LogP contribution in [0.3, 0.4) is 0 Å². The van der Waals surface area contributed by atoms with Crippen molar-refractivity contribution in [2.24, 2.45) is 4.99 Å². The van der Waals surface area contributed by atoms with Gasteiger partial charge in [-0.15, -0.1) is 0 Å². The number of anilines is 1. The Balaban J connectivity index is 1.56. The average molecular weight is 512 g/mol. The molecule has 198 valence electrons. The molecule has 0 unspecified atom stereocenters. The molecule has 1 aliphatic rings. The van der Waals surface area contributed by atoms with E-state index < -0.39 is 5.97 Å². The lowest BCUT2D eigenvalue weighted by atomic mass is 10.1. The Morgan fingerprint density at radius 1 is 1.27 bits per heavy atom. The molecular weight excluding hydrogens is 477 g/mol. The maximum Gasteiger partial charge on any atom is 0.303 e. The molecule has 1 saturated heterocycles. The number of fused-ring (bicyclic) bond motifs is 1. The van der Waals surface area contributed by atoms with Crippen LogP contribution in [0.4, 0.5) is 15.9 Å². The summed E-state index contributed by atoms with van der Waals surface area (Å²) in [5.74, 6) is -0.440. The number of piperazine rings is 1. The average Bonchev–Trinajstić information content (AvgIpc) is 3.21. The van der Waals surface area contributed by atoms with Crippen molar-refractivity contribution in [1.29, 1.82) is 0 Å². The first kappa shape index (κ1) is 26.5. The van der Waals surface area contributed by atoms with E-state index in [1.807, 2.05) is 13.8 Å². The fourth-order valence-corrected chi connectivity index (χ4v) is 4.49. The second kappa shape index (κ2) is 12.1. The van der Waals surface area contributed by atoms with Crippen molar-refractivity contribution in [1.82, 2.24) is 25.2 Å². The molecule has 0 radical (unpaired) electrons. The van der Waals surface area contributed by atoms with Crippen molar-refractivity contribution in [3.63, 3.8) is 0 Å². The Kier molecular flexibility index (Phi) is 8.67. The molecule has 1 fully saturated rings. The lowest BCUT2D eigenvalue weighted by molar-refractivity contribution is -0.137. The molecule has 4 rings (SSSR count). The summed E-state index contributed by atoms with van der Waals surface area (Å²) >= 11 is 0. The zero-order valence-corrected chi connectivity index (χ0v) is 21.2. The Morgan fingerprint density at radius 3 is 2.78 bits per heavy atom. The van der Waals surface area contributed by atoms with Crippen LogP contribution in [-0.2, 0) is 11.3 Å². The number of aliphatic imine (C=N–C) groups is 1. The van der Waals surface area contributed by atoms with Crippen LogP contribution in [0.2, 0.25) is 0 Å². The number of rotatable bonds is 11. The molecule has 2 aromatic heterocycles. The van der Waals surface area contributed by atoms with Gasteiger partial charge in [0, 0.05) is 57.0 Å². The van der Waals surface area contributed by atoms with Crippen LogP contribution in [0, 0.1) is 5.82 Å². The number of aromatic nitrogens is 3. The molecule has 0 bridgehead atoms. The van der Waals surface area contributed by atoms with Crippen molar-refractivity contribution < 1.29 is 19.4 Å². The van der Waals surface area contributed by atoms with Gasteiger partial charge in [-0.25, -0.2) is 14.4 Å². The summed E-state index contributed by atoms with van der Waals surface area (Å²) in [5.41, 5.74) is 2.07. The Hall–Kier alpha value is -3.57. The second-order valence-electron chi connectivity index (χ2n) is 9.49. The SMILES string of the molecule is CC(C)N(CCCCC(=O)O)Cc1cc(N=Cc2c(O)[nH]c3ncnc(N4CCNCC4)c23)ccc1F. The van der Waals surface area contributed by atoms with E-state index in [0.717, 1.165) is 38.4 Å². The van der Waals surface area contributed by atoms with Gasteiger partial charge >= 0.3 is 5.97 Å². The fourth-order valence-electron chi connectivity index (χ4n) is 4.49. The Morgan fingerprint density at radius 2 is 2.05 bits per heavy atom. The lowest BCUT2D eigenvalue weighted by Gasteiger charge is -2.28. The summed E-state index contributed by atoms with van der Waals surface area (Å²) in [5, 5.41) is 23.5. The largest absolute Gasteiger partial charge is 0.494 e. The highest BCUT2D eigenvalue weighted by molar-refractivity contribution is 6.06. The number of carboxylic acids is 1. The highest BCUT2D eigenvalue weighted by Gasteiger charge is 2.21. The fraction of sp³-hybridized carbons (Fsp3) is 0.462. The number of halogens is 1. The van der Waals surface area contributed by atoms with E-state index >= 15 is 0 Å². The van der Waals surface area contributed by atoms with E-state index in [4.69, 9.17) is 5.11 Å². The van der Waals surface area contributed by atoms with E-state index in [9.17, 15) is 14.3 Å². The molecular formula is C26H34FN7O3. The van der Waals surface area contributed by atoms with Gasteiger partial charge in [0.2, 0.25) is 0 Å². The Bertz CT molecular complexity index is 1250. The van der Waals surface area contributed by atoms with Crippen molar-refractivity contribution in [3.05, 3.63) is 41.5 Å². The van der Waals surface area contributed by atoms with Crippen molar-refractivity contribution in [2.75, 3.05) is 37.6 Å². The van der Waals surface area contributed by atoms with Gasteiger partial charge in [-0.2, -0.15) is 0 Å². The van der Waals surface area contributed by atoms with E-state index in [1.165, 1.54) is 12.4 Å². The molecule has 0 amide bonds. The normalized spacial score (nSPS) is 14.5. The maximum atomic E-state index is 14.7. The summed E-state index contributed by atoms with van der Waals surface area (Å²) < 4.78 is 14.7. The summed E-state index contributed by atoms with van der Waals surface area (Å²) in [7, 11) is 0. The molecule has 3 aromatic rings. The number of aliphatic carboxylic acids is 1. The van der Waals surface area contributed by atoms with E-state index in [1.54, 1.807) is 18.3 Å². The number of nitrogens with zero attached hydrogens (tertiary/aromatic N) is 5. The number of hydrogen-bond donors (Lipinski definition) is 4. The van der Waals surface area contributed by atoms with E-state index in [-0.39, 0.29) is 24.2 Å². The van der Waals surface area contributed by atoms with Crippen LogP contribution in [0.1, 0.15) is 44.2 Å². The highest BCUT2D eigenvalue weighted by Crippen LogP contribution is 2.32. The first-order valence-electron chi connectivity index (χ1n) is 12.6. The number of aromatic amines is 1. The summed E-state index contributed by atoms with van der Waals surface area (Å²) in [6, 6.07) is 4.87. The zero-order valence-electron chi connectivity index (χ0n) is 21.2. The predicted molar refractivity (Wildman–Crippen MR) is 141 cm³/mol. The van der Waals surface area contributed by atoms with Gasteiger partial charge in [-0.05, 0) is 51.4 Å². The number of nitrogens with one attached hydrogen (secondary N) is 2. The number of aromatic hydroxyl groups is 1. The zero-order chi connectivity index (χ0) is 26.4. The van der Waals surface area contributed by atoms with Gasteiger partial charge in [0.25, 0.3) is 0 Å². The Labute approximate surface area is 215 Å². The highest BCUT2D eigenvalue weighted by atomic mass is 19.1. The third-order valence-corrected chi connectivity index (χ3v) is 6.57. The molecule has 1 aliphatic heterocycles. The van der Waals surface area contributed by atoms with Crippen LogP contribution in [0.25, 0.3) is 11.0 Å². The number of benzene rings is 1. The topological polar surface area (TPSA) is 130 Å². The van der Waals surface area contributed by atoms with Crippen molar-refractivity contribution in [3.8, 4) is 5.88 Å². The molecule has 10 nitrogen and oxygen atoms in total. The molecule has 0 spiro atoms. The molecule has 0 aliphatic carbocycles. The minimum atomic E-state index is -0.805. The quantitative estimate of drug-likeness (QED) is 0.228. The minimum Gasteiger partial charge on any atom is -0.494 e. The molecule has 37 heavy (non-hydrogen) atoms. The van der Waals surface area contributed by atoms with Gasteiger partial charge < -0.3 is 25.4 Å². The molecule has 3 heterocycles. The van der Waals surface area contributed by atoms with Gasteiger partial charge in [-0.3, -0.25) is 14.7 Å². The van der Waals surface area contributed by atoms with Gasteiger partial charge in [0.05, 0.1) is 16.6 Å². The maximum absolute atomic E-state index is 14.7. The summed E-state index contributed by atoms with van der Waals surface area (Å²) in [6.45, 7) is 8.41. The van der Waals surface area contributed by atoms with Crippen LogP contribution in [0.5, 0.6) is 5.88 Å². The molecule has 1 aromatic carbocycles. The van der Waals surface area contributed by atoms with Gasteiger partial charge in [0.15, 0.2) is 5.88 Å². The summed E-state index contributed by atoms with van der Waals surface area (Å²) in [4.78, 5) is 31.3. The molecule has 4 N–H and O–H groups in total. The standard InChI is InChI=1S/C26H34FN7O3/c1-17(2)34(10-4-3-5-22(35)36)15-18-13-19(6-7-21(18)27)29-14-20-23-24(32-26(20)37)30-16-31-25(23)33-11-8-28-9-12-33/h6-7,13-14,16-17,28,37H,3-5,8-12,15H2,1-2H3,(H,35,36)(H,30,31,32). The first-order chi connectivity index (χ1) is 17.8. The predicted octanol–water partition coefficient (Wildman–Crippen LogP) is 3.43. The monoisotopic (exact) mass is 511 g/mol. The molecule has 0 saturated carbocycles. The number of unbranched alkanes of at least 4 members (excludes halogenated alkanes) is 1. The number of carboxylic acid groups (broad SMARTS) is 1. The van der Waals surface area contributed by atoms with E-state index in [2.05, 4.69) is 35.1 Å². The number of H-pyrrole nitrogens is 1. The van der Waals surface area contributed by atoms with Crippen LogP contribution in [-0.4, -0.2) is 81.0 Å². The van der Waals surface area contributed by atoms with Crippen LogP contribution in [0.15, 0.2) is 29.5 Å². The first-order valence-corrected chi connectivity index (χ1v) is 12.6. The number of hydrogen-bond acceptors (Lipinski definition) is 8. The molecule has 11 heteroatoms. The second-order valence-corrected chi connectivity index (χ2v) is 9.49. The summed E-state index contributed by atoms with van der Waals surface area (Å²) in [6.07, 6.45) is 4.48. The smallest absolute Gasteiger partial charge is 0.303 e. The molecule has 0 atom stereocenters. The van der Waals surface area contributed by atoms with E-state index in [0.29, 0.717) is 47.4 Å². The lowest BCUT2D eigenvalue weighted by Crippen LogP contribution is -2.44. The van der Waals surface area contributed by atoms with Gasteiger partial charge in [0.1, 0.15) is 23.6 Å². The van der Waals surface area contributed by atoms with Crippen LogP contribution < -0.4 is 10.2 Å². The third kappa shape index (κ3) is 6.60. The van der Waals surface area contributed by atoms with Gasteiger partial charge in [-0.1, -0.05) is 0 Å². The van der Waals surface area contributed by atoms with Crippen molar-refractivity contribution in [2.45, 2.75) is 45.7 Å². The van der Waals surface area contributed by atoms with Crippen molar-refractivity contribution >= 4 is 34.7 Å². The number of carbonyl (C=O) groups is 1. The minimum absolute atomic E-state index is 0.0506.